The second kappa shape index (κ2) is 5.50. The number of likely N-dealkylation sites (N-methyl/N-ethyl adjacent to an activating group) is 1. The topological polar surface area (TPSA) is 65.4 Å². The van der Waals surface area contributed by atoms with Crippen molar-refractivity contribution in [2.75, 3.05) is 26.7 Å². The number of piperazine rings is 1. The lowest BCUT2D eigenvalue weighted by Gasteiger charge is -2.38. The predicted octanol–water partition coefficient (Wildman–Crippen LogP) is 1.06. The van der Waals surface area contributed by atoms with Crippen LogP contribution in [0.25, 0.3) is 0 Å². The van der Waals surface area contributed by atoms with E-state index in [0.717, 1.165) is 24.5 Å². The Balaban J connectivity index is 1.67. The second-order valence-corrected chi connectivity index (χ2v) is 5.12. The summed E-state index contributed by atoms with van der Waals surface area (Å²) in [6, 6.07) is 1.96. The molecule has 0 unspecified atom stereocenters. The van der Waals surface area contributed by atoms with Gasteiger partial charge in [0.15, 0.2) is 0 Å². The van der Waals surface area contributed by atoms with Crippen molar-refractivity contribution >= 4 is 5.91 Å². The van der Waals surface area contributed by atoms with Gasteiger partial charge in [-0.25, -0.2) is 4.98 Å². The summed E-state index contributed by atoms with van der Waals surface area (Å²) in [6.45, 7) is 2.27. The van der Waals surface area contributed by atoms with Gasteiger partial charge in [-0.2, -0.15) is 0 Å². The largest absolute Gasteiger partial charge is 0.472 e. The maximum atomic E-state index is 12.3. The molecule has 1 aliphatic heterocycles. The smallest absolute Gasteiger partial charge is 0.227 e. The van der Waals surface area contributed by atoms with E-state index < -0.39 is 0 Å². The van der Waals surface area contributed by atoms with Crippen LogP contribution in [0.3, 0.4) is 0 Å². The fraction of sp³-hybridized carbons (Fsp3) is 0.429. The van der Waals surface area contributed by atoms with Crippen molar-refractivity contribution in [2.24, 2.45) is 0 Å². The Morgan fingerprint density at radius 1 is 1.55 bits per heavy atom. The van der Waals surface area contributed by atoms with Gasteiger partial charge in [0.2, 0.25) is 5.91 Å². The molecule has 20 heavy (non-hydrogen) atoms. The van der Waals surface area contributed by atoms with Crippen molar-refractivity contribution in [3.8, 4) is 0 Å². The average molecular weight is 274 g/mol. The van der Waals surface area contributed by atoms with Gasteiger partial charge >= 0.3 is 0 Å². The Labute approximate surface area is 117 Å². The highest BCUT2D eigenvalue weighted by Gasteiger charge is 2.29. The zero-order valence-electron chi connectivity index (χ0n) is 11.5. The van der Waals surface area contributed by atoms with Crippen LogP contribution in [0, 0.1) is 0 Å². The summed E-state index contributed by atoms with van der Waals surface area (Å²) in [4.78, 5) is 23.9. The molecule has 1 amide bonds. The number of nitrogens with one attached hydrogen (secondary N) is 1. The van der Waals surface area contributed by atoms with Crippen molar-refractivity contribution in [1.29, 1.82) is 0 Å². The van der Waals surface area contributed by atoms with E-state index >= 15 is 0 Å². The van der Waals surface area contributed by atoms with Crippen LogP contribution in [0.4, 0.5) is 0 Å². The van der Waals surface area contributed by atoms with Crippen molar-refractivity contribution < 1.29 is 9.21 Å². The number of amides is 1. The molecule has 6 nitrogen and oxygen atoms in total. The number of rotatable bonds is 3. The van der Waals surface area contributed by atoms with E-state index in [1.54, 1.807) is 18.7 Å². The molecular weight excluding hydrogens is 256 g/mol. The molecular formula is C14H18N4O2. The highest BCUT2D eigenvalue weighted by atomic mass is 16.3. The number of nitrogens with zero attached hydrogens (tertiary/aromatic N) is 3. The van der Waals surface area contributed by atoms with E-state index in [2.05, 4.69) is 21.9 Å². The predicted molar refractivity (Wildman–Crippen MR) is 73.0 cm³/mol. The number of hydrogen-bond acceptors (Lipinski definition) is 4. The number of aromatic nitrogens is 2. The number of carbonyl (C=O) groups is 1. The first-order chi connectivity index (χ1) is 9.74. The summed E-state index contributed by atoms with van der Waals surface area (Å²) in [7, 11) is 2.06. The molecule has 0 bridgehead atoms. The highest BCUT2D eigenvalue weighted by molar-refractivity contribution is 5.78. The van der Waals surface area contributed by atoms with Crippen LogP contribution >= 0.6 is 0 Å². The number of carbonyl (C=O) groups excluding carboxylic acids is 1. The van der Waals surface area contributed by atoms with Gasteiger partial charge in [0, 0.05) is 32.0 Å². The third-order valence-corrected chi connectivity index (χ3v) is 3.77. The van der Waals surface area contributed by atoms with Gasteiger partial charge in [0.25, 0.3) is 0 Å². The molecule has 0 aromatic carbocycles. The highest BCUT2D eigenvalue weighted by Crippen LogP contribution is 2.21. The van der Waals surface area contributed by atoms with E-state index in [0.29, 0.717) is 13.0 Å². The monoisotopic (exact) mass is 274 g/mol. The molecule has 0 aliphatic carbocycles. The van der Waals surface area contributed by atoms with Crippen LogP contribution in [0.1, 0.15) is 17.4 Å². The van der Waals surface area contributed by atoms with Crippen LogP contribution in [-0.2, 0) is 11.2 Å². The van der Waals surface area contributed by atoms with Gasteiger partial charge in [0.1, 0.15) is 5.82 Å². The van der Waals surface area contributed by atoms with Gasteiger partial charge in [-0.05, 0) is 18.7 Å². The number of furan rings is 1. The number of aromatic amines is 1. The molecule has 1 fully saturated rings. The summed E-state index contributed by atoms with van der Waals surface area (Å²) in [6.07, 6.45) is 7.17. The minimum absolute atomic E-state index is 0.132. The summed E-state index contributed by atoms with van der Waals surface area (Å²) >= 11 is 0. The molecule has 1 atom stereocenters. The zero-order chi connectivity index (χ0) is 13.9. The first-order valence-electron chi connectivity index (χ1n) is 6.72. The Bertz CT molecular complexity index is 550. The molecule has 1 aliphatic rings. The van der Waals surface area contributed by atoms with Gasteiger partial charge in [0.05, 0.1) is 25.0 Å². The molecule has 3 heterocycles. The van der Waals surface area contributed by atoms with Crippen LogP contribution in [0.2, 0.25) is 0 Å². The first kappa shape index (κ1) is 12.9. The lowest BCUT2D eigenvalue weighted by molar-refractivity contribution is -0.133. The van der Waals surface area contributed by atoms with Crippen molar-refractivity contribution in [1.82, 2.24) is 19.8 Å². The Morgan fingerprint density at radius 3 is 3.15 bits per heavy atom. The van der Waals surface area contributed by atoms with E-state index in [4.69, 9.17) is 4.42 Å². The van der Waals surface area contributed by atoms with E-state index in [-0.39, 0.29) is 11.9 Å². The zero-order valence-corrected chi connectivity index (χ0v) is 11.5. The molecule has 0 radical (unpaired) electrons. The maximum absolute atomic E-state index is 12.3. The van der Waals surface area contributed by atoms with Crippen LogP contribution in [0.15, 0.2) is 35.4 Å². The van der Waals surface area contributed by atoms with Crippen LogP contribution < -0.4 is 0 Å². The molecule has 2 aromatic rings. The summed E-state index contributed by atoms with van der Waals surface area (Å²) < 4.78 is 5.01. The van der Waals surface area contributed by atoms with E-state index in [9.17, 15) is 4.79 Å². The fourth-order valence-electron chi connectivity index (χ4n) is 2.53. The average Bonchev–Trinajstić information content (AvgIpc) is 3.11. The molecule has 1 N–H and O–H groups in total. The minimum Gasteiger partial charge on any atom is -0.472 e. The molecule has 0 saturated carbocycles. The maximum Gasteiger partial charge on any atom is 0.227 e. The molecule has 106 valence electrons. The summed E-state index contributed by atoms with van der Waals surface area (Å²) in [5, 5.41) is 0. The van der Waals surface area contributed by atoms with Crippen LogP contribution in [-0.4, -0.2) is 52.4 Å². The summed E-state index contributed by atoms with van der Waals surface area (Å²) in [5.41, 5.74) is 0.920. The number of imidazole rings is 1. The molecule has 3 rings (SSSR count). The number of hydrogen-bond donors (Lipinski definition) is 1. The van der Waals surface area contributed by atoms with Crippen LogP contribution in [0.5, 0.6) is 0 Å². The van der Waals surface area contributed by atoms with E-state index in [1.165, 1.54) is 0 Å². The van der Waals surface area contributed by atoms with Gasteiger partial charge in [-0.1, -0.05) is 0 Å². The fourth-order valence-corrected chi connectivity index (χ4v) is 2.53. The van der Waals surface area contributed by atoms with Crippen molar-refractivity contribution in [2.45, 2.75) is 12.5 Å². The number of H-pyrrole nitrogens is 1. The second-order valence-electron chi connectivity index (χ2n) is 5.12. The van der Waals surface area contributed by atoms with E-state index in [1.807, 2.05) is 17.2 Å². The first-order valence-corrected chi connectivity index (χ1v) is 6.72. The Kier molecular flexibility index (Phi) is 3.56. The Morgan fingerprint density at radius 2 is 2.45 bits per heavy atom. The van der Waals surface area contributed by atoms with Gasteiger partial charge in [-0.3, -0.25) is 9.69 Å². The third-order valence-electron chi connectivity index (χ3n) is 3.77. The van der Waals surface area contributed by atoms with Crippen molar-refractivity contribution in [3.63, 3.8) is 0 Å². The lowest BCUT2D eigenvalue weighted by Crippen LogP contribution is -2.49. The third kappa shape index (κ3) is 2.60. The molecule has 1 saturated heterocycles. The van der Waals surface area contributed by atoms with Gasteiger partial charge in [-0.15, -0.1) is 0 Å². The quantitative estimate of drug-likeness (QED) is 0.909. The summed E-state index contributed by atoms with van der Waals surface area (Å²) in [5.74, 6) is 1.05. The minimum atomic E-state index is 0.132. The standard InChI is InChI=1S/C14H18N4O2/c1-17-5-6-18(9-12(17)14-15-3-4-16-14)13(19)8-11-2-7-20-10-11/h2-4,7,10,12H,5-6,8-9H2,1H3,(H,15,16)/t12-/m1/s1. The normalized spacial score (nSPS) is 20.2. The molecule has 0 spiro atoms. The Hall–Kier alpha value is -2.08. The lowest BCUT2D eigenvalue weighted by atomic mass is 10.1. The molecule has 2 aromatic heterocycles. The van der Waals surface area contributed by atoms with Gasteiger partial charge < -0.3 is 14.3 Å². The SMILES string of the molecule is CN1CCN(C(=O)Cc2ccoc2)C[C@@H]1c1ncc[nH]1. The van der Waals surface area contributed by atoms with Crippen molar-refractivity contribution in [3.05, 3.63) is 42.4 Å². The molecule has 6 heteroatoms.